The van der Waals surface area contributed by atoms with Crippen LogP contribution in [0, 0.1) is 6.92 Å². The summed E-state index contributed by atoms with van der Waals surface area (Å²) in [6.07, 6.45) is 5.30. The molecule has 5 aromatic rings. The standard InChI is InChI=1S/C27H27N5O3.C7H6O2.C2H6/c1-17-21-6-4-19(13-23(21)31(3)29-17)26(34)32-10-8-27(9-11-32)14-24(33)22-12-18(5-7-25(22)35-27)20-15-28-30(2)16-20;8-7(9)6-4-2-1-3-5-6;1-2/h4-7,12-13,15-16H,8-11,14H2,1-3H3;1-5H,(H,8,9);1-2H3. The van der Waals surface area contributed by atoms with Crippen molar-refractivity contribution in [1.82, 2.24) is 24.5 Å². The molecule has 0 radical (unpaired) electrons. The smallest absolute Gasteiger partial charge is 0.335 e. The topological polar surface area (TPSA) is 120 Å². The molecular weight excluding hydrogens is 582 g/mol. The first-order valence-electron chi connectivity index (χ1n) is 15.5. The maximum Gasteiger partial charge on any atom is 0.335 e. The van der Waals surface area contributed by atoms with Crippen molar-refractivity contribution in [2.75, 3.05) is 13.1 Å². The van der Waals surface area contributed by atoms with Gasteiger partial charge in [-0.1, -0.05) is 44.2 Å². The van der Waals surface area contributed by atoms with Crippen LogP contribution in [0.4, 0.5) is 0 Å². The molecule has 0 atom stereocenters. The molecule has 1 saturated heterocycles. The number of ether oxygens (including phenoxy) is 1. The van der Waals surface area contributed by atoms with Gasteiger partial charge >= 0.3 is 5.97 Å². The van der Waals surface area contributed by atoms with Crippen LogP contribution in [-0.2, 0) is 14.1 Å². The summed E-state index contributed by atoms with van der Waals surface area (Å²) < 4.78 is 10.00. The number of hydrogen-bond acceptors (Lipinski definition) is 6. The van der Waals surface area contributed by atoms with Gasteiger partial charge < -0.3 is 14.7 Å². The van der Waals surface area contributed by atoms with Crippen LogP contribution in [0.3, 0.4) is 0 Å². The molecule has 10 heteroatoms. The summed E-state index contributed by atoms with van der Waals surface area (Å²) in [4.78, 5) is 38.5. The van der Waals surface area contributed by atoms with Gasteiger partial charge in [0.2, 0.25) is 0 Å². The number of Topliss-reactive ketones (excluding diaryl/α,β-unsaturated/α-hetero) is 1. The second-order valence-corrected chi connectivity index (χ2v) is 11.4. The minimum atomic E-state index is -0.879. The molecule has 1 fully saturated rings. The van der Waals surface area contributed by atoms with Gasteiger partial charge in [-0.2, -0.15) is 10.2 Å². The van der Waals surface area contributed by atoms with E-state index in [4.69, 9.17) is 9.84 Å². The lowest BCUT2D eigenvalue weighted by molar-refractivity contribution is -0.00571. The van der Waals surface area contributed by atoms with E-state index in [0.29, 0.717) is 54.8 Å². The van der Waals surface area contributed by atoms with Crippen molar-refractivity contribution in [3.05, 3.63) is 102 Å². The summed E-state index contributed by atoms with van der Waals surface area (Å²) in [5.74, 6) is -0.153. The lowest BCUT2D eigenvalue weighted by Crippen LogP contribution is -2.52. The Morgan fingerprint density at radius 2 is 1.63 bits per heavy atom. The molecular formula is C36H39N5O5. The lowest BCUT2D eigenvalue weighted by Gasteiger charge is -2.44. The molecule has 46 heavy (non-hydrogen) atoms. The van der Waals surface area contributed by atoms with E-state index in [-0.39, 0.29) is 11.7 Å². The number of aromatic nitrogens is 4. The number of aromatic carboxylic acids is 1. The molecule has 1 amide bonds. The normalized spacial score (nSPS) is 14.8. The number of carboxylic acid groups (broad SMARTS) is 1. The van der Waals surface area contributed by atoms with E-state index >= 15 is 0 Å². The first-order valence-corrected chi connectivity index (χ1v) is 15.5. The van der Waals surface area contributed by atoms with Gasteiger partial charge in [-0.05, 0) is 48.9 Å². The van der Waals surface area contributed by atoms with E-state index in [1.807, 2.05) is 87.0 Å². The fraction of sp³-hybridized carbons (Fsp3) is 0.306. The molecule has 0 saturated carbocycles. The van der Waals surface area contributed by atoms with E-state index in [9.17, 15) is 14.4 Å². The molecule has 3 aromatic carbocycles. The van der Waals surface area contributed by atoms with Crippen LogP contribution in [0.25, 0.3) is 22.0 Å². The molecule has 2 aliphatic heterocycles. The van der Waals surface area contributed by atoms with E-state index in [1.54, 1.807) is 41.2 Å². The number of fused-ring (bicyclic) bond motifs is 2. The van der Waals surface area contributed by atoms with Gasteiger partial charge in [-0.3, -0.25) is 19.0 Å². The minimum absolute atomic E-state index is 0.00394. The molecule has 4 heterocycles. The maximum absolute atomic E-state index is 13.3. The summed E-state index contributed by atoms with van der Waals surface area (Å²) in [7, 11) is 3.76. The number of carbonyl (C=O) groups excluding carboxylic acids is 2. The van der Waals surface area contributed by atoms with Crippen LogP contribution in [0.5, 0.6) is 5.75 Å². The van der Waals surface area contributed by atoms with Crippen LogP contribution in [-0.4, -0.2) is 65.9 Å². The molecule has 10 nitrogen and oxygen atoms in total. The molecule has 0 aliphatic carbocycles. The van der Waals surface area contributed by atoms with Gasteiger partial charge in [-0.15, -0.1) is 0 Å². The van der Waals surface area contributed by atoms with Crippen LogP contribution in [0.1, 0.15) is 69.9 Å². The molecule has 1 N–H and O–H groups in total. The predicted octanol–water partition coefficient (Wildman–Crippen LogP) is 6.33. The number of hydrogen-bond donors (Lipinski definition) is 1. The van der Waals surface area contributed by atoms with Gasteiger partial charge in [0.15, 0.2) is 5.78 Å². The van der Waals surface area contributed by atoms with Gasteiger partial charge in [0.1, 0.15) is 11.4 Å². The van der Waals surface area contributed by atoms with Crippen molar-refractivity contribution in [3.8, 4) is 16.9 Å². The lowest BCUT2D eigenvalue weighted by atomic mass is 9.82. The molecule has 238 valence electrons. The average Bonchev–Trinajstić information content (AvgIpc) is 3.64. The molecule has 1 spiro atoms. The number of benzene rings is 3. The third kappa shape index (κ3) is 6.56. The predicted molar refractivity (Wildman–Crippen MR) is 176 cm³/mol. The Balaban J connectivity index is 0.000000325. The fourth-order valence-electron chi connectivity index (χ4n) is 5.97. The molecule has 0 unspecified atom stereocenters. The number of nitrogens with zero attached hydrogens (tertiary/aromatic N) is 5. The quantitative estimate of drug-likeness (QED) is 0.250. The number of likely N-dealkylation sites (tertiary alicyclic amines) is 1. The van der Waals surface area contributed by atoms with Crippen LogP contribution in [0.2, 0.25) is 0 Å². The van der Waals surface area contributed by atoms with Crippen molar-refractivity contribution in [2.45, 2.75) is 45.6 Å². The van der Waals surface area contributed by atoms with Crippen LogP contribution >= 0.6 is 0 Å². The van der Waals surface area contributed by atoms with Crippen molar-refractivity contribution in [1.29, 1.82) is 0 Å². The zero-order valence-corrected chi connectivity index (χ0v) is 26.9. The number of carboxylic acids is 1. The Kier molecular flexibility index (Phi) is 9.36. The van der Waals surface area contributed by atoms with E-state index in [2.05, 4.69) is 10.2 Å². The fourth-order valence-corrected chi connectivity index (χ4v) is 5.97. The summed E-state index contributed by atoms with van der Waals surface area (Å²) in [5.41, 5.74) is 4.87. The number of piperidine rings is 1. The minimum Gasteiger partial charge on any atom is -0.486 e. The Morgan fingerprint density at radius 3 is 2.26 bits per heavy atom. The van der Waals surface area contributed by atoms with Crippen molar-refractivity contribution in [3.63, 3.8) is 0 Å². The number of rotatable bonds is 3. The van der Waals surface area contributed by atoms with Crippen LogP contribution in [0.15, 0.2) is 79.1 Å². The summed E-state index contributed by atoms with van der Waals surface area (Å²) in [5, 5.41) is 18.1. The first-order chi connectivity index (χ1) is 22.1. The number of ketones is 1. The molecule has 7 rings (SSSR count). The van der Waals surface area contributed by atoms with Gasteiger partial charge in [0, 0.05) is 62.7 Å². The average molecular weight is 622 g/mol. The highest BCUT2D eigenvalue weighted by molar-refractivity contribution is 6.02. The van der Waals surface area contributed by atoms with E-state index in [1.165, 1.54) is 0 Å². The number of aryl methyl sites for hydroxylation is 3. The Labute approximate surface area is 268 Å². The summed E-state index contributed by atoms with van der Waals surface area (Å²) in [6.45, 7) is 7.08. The third-order valence-electron chi connectivity index (χ3n) is 8.39. The summed E-state index contributed by atoms with van der Waals surface area (Å²) in [6, 6.07) is 19.8. The third-order valence-corrected chi connectivity index (χ3v) is 8.39. The largest absolute Gasteiger partial charge is 0.486 e. The van der Waals surface area contributed by atoms with Crippen molar-refractivity contribution < 1.29 is 24.2 Å². The Hall–Kier alpha value is -5.25. The highest BCUT2D eigenvalue weighted by Crippen LogP contribution is 2.41. The molecule has 2 aliphatic rings. The highest BCUT2D eigenvalue weighted by atomic mass is 16.5. The van der Waals surface area contributed by atoms with Crippen molar-refractivity contribution >= 4 is 28.6 Å². The van der Waals surface area contributed by atoms with Crippen LogP contribution < -0.4 is 4.74 Å². The zero-order valence-electron chi connectivity index (χ0n) is 26.9. The molecule has 2 aromatic heterocycles. The second-order valence-electron chi connectivity index (χ2n) is 11.4. The summed E-state index contributed by atoms with van der Waals surface area (Å²) >= 11 is 0. The Morgan fingerprint density at radius 1 is 0.913 bits per heavy atom. The SMILES string of the molecule is CC.Cc1nn(C)c2cc(C(=O)N3CCC4(CC3)CC(=O)c3cc(-c5cnn(C)c5)ccc3O4)ccc12.O=C(O)c1ccccc1. The molecule has 0 bridgehead atoms. The highest BCUT2D eigenvalue weighted by Gasteiger charge is 2.44. The number of amides is 1. The maximum atomic E-state index is 13.3. The van der Waals surface area contributed by atoms with Gasteiger partial charge in [0.25, 0.3) is 5.91 Å². The monoisotopic (exact) mass is 621 g/mol. The van der Waals surface area contributed by atoms with Gasteiger partial charge in [-0.25, -0.2) is 4.79 Å². The number of carbonyl (C=O) groups is 3. The second kappa shape index (κ2) is 13.4. The zero-order chi connectivity index (χ0) is 33.0. The van der Waals surface area contributed by atoms with E-state index < -0.39 is 11.6 Å². The van der Waals surface area contributed by atoms with Crippen molar-refractivity contribution in [2.24, 2.45) is 14.1 Å². The Bertz CT molecular complexity index is 1880. The van der Waals surface area contributed by atoms with Gasteiger partial charge in [0.05, 0.1) is 35.0 Å². The first kappa shape index (κ1) is 32.2. The van der Waals surface area contributed by atoms with E-state index in [0.717, 1.165) is 27.7 Å².